The van der Waals surface area contributed by atoms with Gasteiger partial charge in [-0.05, 0) is 6.92 Å². The molecule has 0 aliphatic carbocycles. The van der Waals surface area contributed by atoms with Gasteiger partial charge in [0.25, 0.3) is 0 Å². The smallest absolute Gasteiger partial charge is 0.325 e. The minimum absolute atomic E-state index is 0.148. The first-order valence-corrected chi connectivity index (χ1v) is 4.19. The van der Waals surface area contributed by atoms with Crippen molar-refractivity contribution in [1.82, 2.24) is 10.6 Å². The van der Waals surface area contributed by atoms with Crippen molar-refractivity contribution in [3.05, 3.63) is 0 Å². The summed E-state index contributed by atoms with van der Waals surface area (Å²) in [7, 11) is 0. The predicted molar refractivity (Wildman–Crippen MR) is 48.4 cm³/mol. The van der Waals surface area contributed by atoms with Gasteiger partial charge in [0.05, 0.1) is 6.54 Å². The van der Waals surface area contributed by atoms with Crippen LogP contribution >= 0.6 is 0 Å². The Balaban J connectivity index is 3.68. The number of nitrogens with one attached hydrogen (secondary N) is 2. The van der Waals surface area contributed by atoms with Gasteiger partial charge in [0.15, 0.2) is 0 Å². The Morgan fingerprint density at radius 2 is 1.85 bits per heavy atom. The van der Waals surface area contributed by atoms with Crippen LogP contribution in [0.15, 0.2) is 0 Å². The van der Waals surface area contributed by atoms with Crippen molar-refractivity contribution in [2.45, 2.75) is 32.9 Å². The van der Waals surface area contributed by atoms with E-state index in [-0.39, 0.29) is 18.5 Å². The summed E-state index contributed by atoms with van der Waals surface area (Å²) in [5.41, 5.74) is 0. The largest absolute Gasteiger partial charge is 0.480 e. The Morgan fingerprint density at radius 1 is 1.31 bits per heavy atom. The van der Waals surface area contributed by atoms with Crippen LogP contribution < -0.4 is 10.6 Å². The first-order chi connectivity index (χ1) is 5.93. The molecule has 0 radical (unpaired) electrons. The zero-order valence-electron chi connectivity index (χ0n) is 8.13. The number of carbonyl (C=O) groups is 2. The Labute approximate surface area is 77.5 Å². The maximum atomic E-state index is 11.0. The molecule has 5 nitrogen and oxygen atoms in total. The minimum atomic E-state index is -1.03. The van der Waals surface area contributed by atoms with E-state index in [0.29, 0.717) is 0 Å². The first kappa shape index (κ1) is 11.9. The highest BCUT2D eigenvalue weighted by Crippen LogP contribution is 1.81. The summed E-state index contributed by atoms with van der Waals surface area (Å²) in [6.45, 7) is 5.40. The molecule has 0 heterocycles. The predicted octanol–water partition coefficient (Wildman–Crippen LogP) is -0.426. The summed E-state index contributed by atoms with van der Waals surface area (Å²) >= 11 is 0. The highest BCUT2D eigenvalue weighted by molar-refractivity contribution is 5.84. The molecule has 0 spiro atoms. The third-order valence-electron chi connectivity index (χ3n) is 1.42. The normalized spacial score (nSPS) is 12.6. The van der Waals surface area contributed by atoms with E-state index in [1.165, 1.54) is 6.92 Å². The molecule has 0 rings (SSSR count). The number of aliphatic carboxylic acids is 1. The Hall–Kier alpha value is -1.10. The summed E-state index contributed by atoms with van der Waals surface area (Å²) in [5.74, 6) is -1.33. The fourth-order valence-electron chi connectivity index (χ4n) is 0.651. The van der Waals surface area contributed by atoms with Crippen LogP contribution in [0.2, 0.25) is 0 Å². The van der Waals surface area contributed by atoms with Gasteiger partial charge in [0.2, 0.25) is 5.91 Å². The van der Waals surface area contributed by atoms with E-state index in [9.17, 15) is 9.59 Å². The van der Waals surface area contributed by atoms with Crippen LogP contribution in [0, 0.1) is 0 Å². The summed E-state index contributed by atoms with van der Waals surface area (Å²) in [5, 5.41) is 13.7. The molecule has 5 heteroatoms. The van der Waals surface area contributed by atoms with E-state index in [1.54, 1.807) is 0 Å². The highest BCUT2D eigenvalue weighted by atomic mass is 16.4. The number of carbonyl (C=O) groups excluding carboxylic acids is 1. The maximum Gasteiger partial charge on any atom is 0.325 e. The number of hydrogen-bond donors (Lipinski definition) is 3. The average molecular weight is 188 g/mol. The second-order valence-corrected chi connectivity index (χ2v) is 3.16. The average Bonchev–Trinajstić information content (AvgIpc) is 2.00. The van der Waals surface area contributed by atoms with Crippen LogP contribution in [0.4, 0.5) is 0 Å². The Kier molecular flexibility index (Phi) is 5.06. The Bertz CT molecular complexity index is 192. The first-order valence-electron chi connectivity index (χ1n) is 4.19. The summed E-state index contributed by atoms with van der Waals surface area (Å²) in [4.78, 5) is 21.4. The van der Waals surface area contributed by atoms with Gasteiger partial charge >= 0.3 is 5.97 Å². The third kappa shape index (κ3) is 6.10. The van der Waals surface area contributed by atoms with Crippen LogP contribution in [0.1, 0.15) is 20.8 Å². The molecule has 0 aliphatic rings. The zero-order chi connectivity index (χ0) is 10.4. The van der Waals surface area contributed by atoms with E-state index in [0.717, 1.165) is 0 Å². The van der Waals surface area contributed by atoms with E-state index < -0.39 is 12.0 Å². The zero-order valence-corrected chi connectivity index (χ0v) is 8.13. The summed E-state index contributed by atoms with van der Waals surface area (Å²) < 4.78 is 0. The van der Waals surface area contributed by atoms with Gasteiger partial charge in [-0.15, -0.1) is 0 Å². The molecule has 0 unspecified atom stereocenters. The minimum Gasteiger partial charge on any atom is -0.480 e. The summed E-state index contributed by atoms with van der Waals surface area (Å²) in [6, 6.07) is -0.618. The Morgan fingerprint density at radius 3 is 2.23 bits per heavy atom. The second-order valence-electron chi connectivity index (χ2n) is 3.16. The fraction of sp³-hybridized carbons (Fsp3) is 0.750. The molecule has 0 fully saturated rings. The number of carboxylic acid groups (broad SMARTS) is 1. The third-order valence-corrected chi connectivity index (χ3v) is 1.42. The maximum absolute atomic E-state index is 11.0. The van der Waals surface area contributed by atoms with Crippen molar-refractivity contribution in [3.8, 4) is 0 Å². The molecule has 1 amide bonds. The SMILES string of the molecule is CC(C)NCC(=O)N[C@H](C)C(=O)O. The second kappa shape index (κ2) is 5.53. The van der Waals surface area contributed by atoms with E-state index in [1.807, 2.05) is 13.8 Å². The lowest BCUT2D eigenvalue weighted by molar-refractivity contribution is -0.141. The quantitative estimate of drug-likeness (QED) is 0.547. The molecule has 1 atom stereocenters. The number of carboxylic acids is 1. The van der Waals surface area contributed by atoms with Gasteiger partial charge in [-0.2, -0.15) is 0 Å². The van der Waals surface area contributed by atoms with Crippen molar-refractivity contribution in [2.24, 2.45) is 0 Å². The van der Waals surface area contributed by atoms with Crippen molar-refractivity contribution in [2.75, 3.05) is 6.54 Å². The molecule has 3 N–H and O–H groups in total. The van der Waals surface area contributed by atoms with Gasteiger partial charge in [-0.3, -0.25) is 9.59 Å². The molecule has 0 aliphatic heterocycles. The van der Waals surface area contributed by atoms with Gasteiger partial charge < -0.3 is 15.7 Å². The van der Waals surface area contributed by atoms with Crippen molar-refractivity contribution >= 4 is 11.9 Å². The molecule has 76 valence electrons. The topological polar surface area (TPSA) is 78.4 Å². The van der Waals surface area contributed by atoms with Crippen LogP contribution in [-0.2, 0) is 9.59 Å². The van der Waals surface area contributed by atoms with Crippen LogP contribution in [0.25, 0.3) is 0 Å². The lowest BCUT2D eigenvalue weighted by Crippen LogP contribution is -2.44. The molecule has 0 aromatic rings. The monoisotopic (exact) mass is 188 g/mol. The van der Waals surface area contributed by atoms with Gasteiger partial charge in [0.1, 0.15) is 6.04 Å². The van der Waals surface area contributed by atoms with Crippen molar-refractivity contribution < 1.29 is 14.7 Å². The van der Waals surface area contributed by atoms with Crippen molar-refractivity contribution in [1.29, 1.82) is 0 Å². The van der Waals surface area contributed by atoms with E-state index >= 15 is 0 Å². The lowest BCUT2D eigenvalue weighted by atomic mass is 10.3. The number of amides is 1. The van der Waals surface area contributed by atoms with Crippen LogP contribution in [0.3, 0.4) is 0 Å². The van der Waals surface area contributed by atoms with E-state index in [2.05, 4.69) is 10.6 Å². The van der Waals surface area contributed by atoms with E-state index in [4.69, 9.17) is 5.11 Å². The molecular weight excluding hydrogens is 172 g/mol. The van der Waals surface area contributed by atoms with Crippen LogP contribution in [0.5, 0.6) is 0 Å². The van der Waals surface area contributed by atoms with Gasteiger partial charge in [-0.25, -0.2) is 0 Å². The molecule has 0 bridgehead atoms. The standard InChI is InChI=1S/C8H16N2O3/c1-5(2)9-4-7(11)10-6(3)8(12)13/h5-6,9H,4H2,1-3H3,(H,10,11)(H,12,13)/t6-/m1/s1. The molecule has 0 aromatic carbocycles. The molecule has 0 saturated carbocycles. The molecular formula is C8H16N2O3. The fourth-order valence-corrected chi connectivity index (χ4v) is 0.651. The molecule has 13 heavy (non-hydrogen) atoms. The van der Waals surface area contributed by atoms with Gasteiger partial charge in [-0.1, -0.05) is 13.8 Å². The van der Waals surface area contributed by atoms with Gasteiger partial charge in [0, 0.05) is 6.04 Å². The van der Waals surface area contributed by atoms with Crippen LogP contribution in [-0.4, -0.2) is 35.6 Å². The summed E-state index contributed by atoms with van der Waals surface area (Å²) in [6.07, 6.45) is 0. The number of hydrogen-bond acceptors (Lipinski definition) is 3. The molecule has 0 saturated heterocycles. The highest BCUT2D eigenvalue weighted by Gasteiger charge is 2.13. The van der Waals surface area contributed by atoms with Crippen molar-refractivity contribution in [3.63, 3.8) is 0 Å². The molecule has 0 aromatic heterocycles. The number of rotatable bonds is 5. The lowest BCUT2D eigenvalue weighted by Gasteiger charge is -2.11.